The minimum atomic E-state index is -2.28. The van der Waals surface area contributed by atoms with Crippen LogP contribution in [0.15, 0.2) is 54.6 Å². The third kappa shape index (κ3) is 4.56. The Morgan fingerprint density at radius 3 is 2.28 bits per heavy atom. The third-order valence-corrected chi connectivity index (χ3v) is 6.63. The second-order valence-corrected chi connectivity index (χ2v) is 8.92. The predicted molar refractivity (Wildman–Crippen MR) is 121 cm³/mol. The van der Waals surface area contributed by atoms with Crippen LogP contribution in [0.3, 0.4) is 0 Å². The number of benzene rings is 2. The van der Waals surface area contributed by atoms with Gasteiger partial charge in [-0.25, -0.2) is 18.4 Å². The molecule has 8 nitrogen and oxygen atoms in total. The average molecular weight is 498 g/mol. The van der Waals surface area contributed by atoms with Gasteiger partial charge in [0.25, 0.3) is 5.91 Å². The number of nitrogens with zero attached hydrogens (tertiary/aromatic N) is 2. The van der Waals surface area contributed by atoms with Gasteiger partial charge in [-0.2, -0.15) is 0 Å². The van der Waals surface area contributed by atoms with Crippen molar-refractivity contribution in [3.8, 4) is 5.75 Å². The van der Waals surface area contributed by atoms with E-state index in [9.17, 15) is 23.2 Å². The van der Waals surface area contributed by atoms with E-state index >= 15 is 0 Å². The number of hydrogen-bond acceptors (Lipinski definition) is 7. The molecule has 188 valence electrons. The van der Waals surface area contributed by atoms with Gasteiger partial charge in [-0.1, -0.05) is 6.07 Å². The lowest BCUT2D eigenvalue weighted by Crippen LogP contribution is -2.52. The van der Waals surface area contributed by atoms with Crippen molar-refractivity contribution in [2.45, 2.75) is 18.8 Å². The number of esters is 2. The summed E-state index contributed by atoms with van der Waals surface area (Å²) in [5, 5.41) is 0. The summed E-state index contributed by atoms with van der Waals surface area (Å²) in [4.78, 5) is 41.2. The van der Waals surface area contributed by atoms with Crippen LogP contribution >= 0.6 is 0 Å². The summed E-state index contributed by atoms with van der Waals surface area (Å²) in [5.41, 5.74) is -0.274. The van der Waals surface area contributed by atoms with Gasteiger partial charge in [-0.05, 0) is 68.2 Å². The number of hydrogen-bond donors (Lipinski definition) is 0. The molecule has 0 radical (unpaired) electrons. The quantitative estimate of drug-likeness (QED) is 0.566. The lowest BCUT2D eigenvalue weighted by Gasteiger charge is -2.39. The molecule has 10 heteroatoms. The van der Waals surface area contributed by atoms with Gasteiger partial charge in [-0.15, -0.1) is 0 Å². The molecule has 2 aromatic rings. The highest BCUT2D eigenvalue weighted by molar-refractivity contribution is 6.01. The highest BCUT2D eigenvalue weighted by Gasteiger charge is 2.59. The van der Waals surface area contributed by atoms with E-state index in [-0.39, 0.29) is 29.4 Å². The smallest absolute Gasteiger partial charge is 0.378 e. The topological polar surface area (TPSA) is 85.4 Å². The number of likely N-dealkylation sites (tertiary alicyclic amines) is 1. The fraction of sp³-hybridized carbons (Fsp3) is 0.346. The summed E-state index contributed by atoms with van der Waals surface area (Å²) < 4.78 is 44.5. The molecule has 3 heterocycles. The highest BCUT2D eigenvalue weighted by atomic mass is 19.1. The first-order chi connectivity index (χ1) is 17.4. The Balaban J connectivity index is 1.25. The molecule has 0 aliphatic carbocycles. The first-order valence-electron chi connectivity index (χ1n) is 11.7. The van der Waals surface area contributed by atoms with Crippen LogP contribution in [0.2, 0.25) is 0 Å². The monoisotopic (exact) mass is 498 g/mol. The predicted octanol–water partition coefficient (Wildman–Crippen LogP) is 2.98. The number of carbonyl (C=O) groups excluding carboxylic acids is 3. The highest BCUT2D eigenvalue weighted by Crippen LogP contribution is 2.44. The molecule has 0 unspecified atom stereocenters. The molecule has 0 aromatic heterocycles. The molecule has 1 fully saturated rings. The Labute approximate surface area is 206 Å². The number of ether oxygens (including phenoxy) is 3. The zero-order valence-corrected chi connectivity index (χ0v) is 19.3. The molecular weight excluding hydrogens is 474 g/mol. The standard InChI is InChI=1S/C26H24F2N2O6/c27-18-4-6-19(7-5-18)34-15-14-29-12-10-17(11-13-29)16-30-25(33)20-2-1-3-21(28)24(20)26(30)35-22(31)8-9-23(32)36-26/h1-9,17H,10-16H2. The summed E-state index contributed by atoms with van der Waals surface area (Å²) in [6.45, 7) is 2.70. The van der Waals surface area contributed by atoms with Gasteiger partial charge in [0, 0.05) is 25.2 Å². The summed E-state index contributed by atoms with van der Waals surface area (Å²) in [6, 6.07) is 9.78. The van der Waals surface area contributed by atoms with Gasteiger partial charge in [-0.3, -0.25) is 14.6 Å². The van der Waals surface area contributed by atoms with Crippen LogP contribution in [-0.4, -0.2) is 60.4 Å². The van der Waals surface area contributed by atoms with Crippen molar-refractivity contribution >= 4 is 17.8 Å². The Kier molecular flexibility index (Phi) is 6.44. The van der Waals surface area contributed by atoms with Gasteiger partial charge >= 0.3 is 17.8 Å². The molecule has 36 heavy (non-hydrogen) atoms. The van der Waals surface area contributed by atoms with E-state index < -0.39 is 29.6 Å². The van der Waals surface area contributed by atoms with Gasteiger partial charge in [0.1, 0.15) is 29.6 Å². The molecule has 0 N–H and O–H groups in total. The number of halogens is 2. The van der Waals surface area contributed by atoms with E-state index in [4.69, 9.17) is 14.2 Å². The molecule has 2 aromatic carbocycles. The molecule has 1 spiro atoms. The average Bonchev–Trinajstić information content (AvgIpc) is 2.97. The molecule has 0 saturated carbocycles. The SMILES string of the molecule is O=C1C=CC(=O)OC2(O1)c1c(F)cccc1C(=O)N2CC1CCN(CCOc2ccc(F)cc2)CC1. The first-order valence-corrected chi connectivity index (χ1v) is 11.7. The second-order valence-electron chi connectivity index (χ2n) is 8.92. The zero-order valence-electron chi connectivity index (χ0n) is 19.3. The maximum atomic E-state index is 14.9. The maximum Gasteiger partial charge on any atom is 0.378 e. The summed E-state index contributed by atoms with van der Waals surface area (Å²) in [7, 11) is 0. The van der Waals surface area contributed by atoms with Crippen molar-refractivity contribution in [3.05, 3.63) is 77.4 Å². The van der Waals surface area contributed by atoms with Gasteiger partial charge in [0.05, 0.1) is 5.56 Å². The van der Waals surface area contributed by atoms with Crippen LogP contribution in [-0.2, 0) is 25.0 Å². The van der Waals surface area contributed by atoms with Crippen LogP contribution in [0.1, 0.15) is 28.8 Å². The van der Waals surface area contributed by atoms with Gasteiger partial charge in [0.15, 0.2) is 0 Å². The lowest BCUT2D eigenvalue weighted by molar-refractivity contribution is -0.275. The maximum absolute atomic E-state index is 14.9. The number of fused-ring (bicyclic) bond motifs is 2. The van der Waals surface area contributed by atoms with Crippen molar-refractivity contribution in [1.29, 1.82) is 0 Å². The molecule has 3 aliphatic heterocycles. The van der Waals surface area contributed by atoms with E-state index in [1.807, 2.05) is 0 Å². The molecular formula is C26H24F2N2O6. The van der Waals surface area contributed by atoms with Gasteiger partial charge < -0.3 is 14.2 Å². The molecule has 0 bridgehead atoms. The number of carbonyl (C=O) groups is 3. The summed E-state index contributed by atoms with van der Waals surface area (Å²) >= 11 is 0. The summed E-state index contributed by atoms with van der Waals surface area (Å²) in [5.74, 6) is -5.20. The largest absolute Gasteiger partial charge is 0.492 e. The fourth-order valence-corrected chi connectivity index (χ4v) is 4.82. The first kappa shape index (κ1) is 23.9. The van der Waals surface area contributed by atoms with Crippen molar-refractivity contribution in [3.63, 3.8) is 0 Å². The van der Waals surface area contributed by atoms with E-state index in [1.165, 1.54) is 24.3 Å². The molecule has 3 aliphatic rings. The molecule has 1 saturated heterocycles. The van der Waals surface area contributed by atoms with Crippen molar-refractivity contribution in [2.75, 3.05) is 32.8 Å². The van der Waals surface area contributed by atoms with E-state index in [0.29, 0.717) is 18.9 Å². The number of amides is 1. The molecule has 5 rings (SSSR count). The molecule has 0 atom stereocenters. The lowest BCUT2D eigenvalue weighted by atomic mass is 9.96. The Morgan fingerprint density at radius 2 is 1.61 bits per heavy atom. The second kappa shape index (κ2) is 9.69. The third-order valence-electron chi connectivity index (χ3n) is 6.63. The molecule has 1 amide bonds. The van der Waals surface area contributed by atoms with Crippen LogP contribution < -0.4 is 4.74 Å². The number of piperidine rings is 1. The van der Waals surface area contributed by atoms with Crippen LogP contribution in [0.5, 0.6) is 5.75 Å². The Morgan fingerprint density at radius 1 is 0.944 bits per heavy atom. The van der Waals surface area contributed by atoms with Crippen molar-refractivity contribution in [1.82, 2.24) is 9.80 Å². The Bertz CT molecular complexity index is 1190. The van der Waals surface area contributed by atoms with E-state index in [2.05, 4.69) is 4.90 Å². The van der Waals surface area contributed by atoms with Crippen molar-refractivity contribution < 1.29 is 37.4 Å². The van der Waals surface area contributed by atoms with Crippen molar-refractivity contribution in [2.24, 2.45) is 5.92 Å². The van der Waals surface area contributed by atoms with Crippen LogP contribution in [0.4, 0.5) is 8.78 Å². The minimum Gasteiger partial charge on any atom is -0.492 e. The number of rotatable bonds is 6. The van der Waals surface area contributed by atoms with E-state index in [1.54, 1.807) is 12.1 Å². The zero-order chi connectivity index (χ0) is 25.3. The van der Waals surface area contributed by atoms with Crippen LogP contribution in [0, 0.1) is 17.6 Å². The summed E-state index contributed by atoms with van der Waals surface area (Å²) in [6.07, 6.45) is 3.22. The minimum absolute atomic E-state index is 0.00563. The Hall–Kier alpha value is -3.79. The van der Waals surface area contributed by atoms with Gasteiger partial charge in [0.2, 0.25) is 0 Å². The van der Waals surface area contributed by atoms with E-state index in [0.717, 1.165) is 49.0 Å². The fourth-order valence-electron chi connectivity index (χ4n) is 4.82. The van der Waals surface area contributed by atoms with Crippen LogP contribution in [0.25, 0.3) is 0 Å². The normalized spacial score (nSPS) is 19.7.